The molecule has 2 saturated carbocycles. The zero-order valence-electron chi connectivity index (χ0n) is 11.1. The van der Waals surface area contributed by atoms with Gasteiger partial charge >= 0.3 is 0 Å². The first-order chi connectivity index (χ1) is 7.95. The van der Waals surface area contributed by atoms with Crippen LogP contribution >= 0.6 is 0 Å². The van der Waals surface area contributed by atoms with Crippen LogP contribution in [0.15, 0.2) is 24.3 Å². The number of fused-ring (bicyclic) bond motifs is 1. The minimum Gasteiger partial charge on any atom is -0.251 e. The zero-order chi connectivity index (χ0) is 12.7. The van der Waals surface area contributed by atoms with Gasteiger partial charge in [-0.25, -0.2) is 4.89 Å². The lowest BCUT2D eigenvalue weighted by Crippen LogP contribution is -2.55. The van der Waals surface area contributed by atoms with Crippen molar-refractivity contribution in [2.45, 2.75) is 58.0 Å². The third-order valence-electron chi connectivity index (χ3n) is 5.18. The van der Waals surface area contributed by atoms with Gasteiger partial charge in [0.2, 0.25) is 0 Å². The largest absolute Gasteiger partial charge is 0.251 e. The van der Waals surface area contributed by atoms with Crippen molar-refractivity contribution in [3.8, 4) is 0 Å². The summed E-state index contributed by atoms with van der Waals surface area (Å²) in [6.45, 7) is 12.5. The van der Waals surface area contributed by atoms with Crippen LogP contribution in [0.4, 0.5) is 0 Å². The van der Waals surface area contributed by atoms with E-state index in [4.69, 9.17) is 4.89 Å². The van der Waals surface area contributed by atoms with E-state index in [0.29, 0.717) is 5.92 Å². The molecule has 0 radical (unpaired) electrons. The molecular formula is C15H24O2. The molecule has 2 fully saturated rings. The van der Waals surface area contributed by atoms with Gasteiger partial charge in [0.15, 0.2) is 0 Å². The average Bonchev–Trinajstić information content (AvgIpc) is 2.28. The molecule has 0 aliphatic heterocycles. The highest BCUT2D eigenvalue weighted by Gasteiger charge is 2.56. The molecule has 2 nitrogen and oxygen atoms in total. The second-order valence-corrected chi connectivity index (χ2v) is 6.22. The Kier molecular flexibility index (Phi) is 3.21. The summed E-state index contributed by atoms with van der Waals surface area (Å²) in [7, 11) is 0. The van der Waals surface area contributed by atoms with E-state index in [9.17, 15) is 5.26 Å². The summed E-state index contributed by atoms with van der Waals surface area (Å²) in [4.78, 5) is 5.04. The summed E-state index contributed by atoms with van der Waals surface area (Å²) in [6, 6.07) is 0. The highest BCUT2D eigenvalue weighted by molar-refractivity contribution is 5.26. The van der Waals surface area contributed by atoms with Crippen LogP contribution in [0.1, 0.15) is 52.4 Å². The lowest BCUT2D eigenvalue weighted by molar-refractivity contribution is -0.354. The van der Waals surface area contributed by atoms with Crippen LogP contribution in [0.3, 0.4) is 0 Å². The van der Waals surface area contributed by atoms with Gasteiger partial charge in [0.25, 0.3) is 0 Å². The van der Waals surface area contributed by atoms with Crippen LogP contribution < -0.4 is 0 Å². The van der Waals surface area contributed by atoms with Crippen molar-refractivity contribution < 1.29 is 10.1 Å². The summed E-state index contributed by atoms with van der Waals surface area (Å²) in [5.74, 6) is 0.449. The molecule has 96 valence electrons. The van der Waals surface area contributed by atoms with Gasteiger partial charge in [-0.15, -0.1) is 0 Å². The van der Waals surface area contributed by atoms with E-state index in [0.717, 1.165) is 44.1 Å². The molecule has 1 N–H and O–H groups in total. The first kappa shape index (κ1) is 12.8. The highest BCUT2D eigenvalue weighted by Crippen LogP contribution is 2.58. The molecule has 2 heteroatoms. The minimum absolute atomic E-state index is 0.0447. The smallest absolute Gasteiger partial charge is 0.130 e. The lowest BCUT2D eigenvalue weighted by atomic mass is 9.53. The van der Waals surface area contributed by atoms with Gasteiger partial charge in [0, 0.05) is 5.41 Å². The third kappa shape index (κ3) is 1.78. The molecule has 2 aliphatic rings. The number of allylic oxidation sites excluding steroid dienone is 1. The molecule has 0 aromatic carbocycles. The van der Waals surface area contributed by atoms with E-state index in [1.54, 1.807) is 0 Å². The van der Waals surface area contributed by atoms with Crippen molar-refractivity contribution in [1.29, 1.82) is 0 Å². The fraction of sp³-hybridized carbons (Fsp3) is 0.733. The quantitative estimate of drug-likeness (QED) is 0.439. The van der Waals surface area contributed by atoms with E-state index in [2.05, 4.69) is 27.0 Å². The molecule has 2 aliphatic carbocycles. The molecule has 0 spiro atoms. The predicted octanol–water partition coefficient (Wildman–Crippen LogP) is 4.34. The van der Waals surface area contributed by atoms with Gasteiger partial charge in [-0.05, 0) is 56.9 Å². The monoisotopic (exact) mass is 236 g/mol. The Bertz CT molecular complexity index is 347. The number of hydrogen-bond donors (Lipinski definition) is 1. The lowest BCUT2D eigenvalue weighted by Gasteiger charge is -2.55. The van der Waals surface area contributed by atoms with E-state index in [1.807, 2.05) is 0 Å². The Morgan fingerprint density at radius 1 is 1.47 bits per heavy atom. The van der Waals surface area contributed by atoms with E-state index in [-0.39, 0.29) is 5.41 Å². The molecule has 0 heterocycles. The minimum atomic E-state index is -0.535. The maximum absolute atomic E-state index is 9.52. The topological polar surface area (TPSA) is 29.5 Å². The van der Waals surface area contributed by atoms with Crippen molar-refractivity contribution in [2.24, 2.45) is 11.3 Å². The van der Waals surface area contributed by atoms with Gasteiger partial charge in [-0.1, -0.05) is 25.7 Å². The normalized spacial score (nSPS) is 42.1. The van der Waals surface area contributed by atoms with Gasteiger partial charge < -0.3 is 0 Å². The maximum Gasteiger partial charge on any atom is 0.130 e. The van der Waals surface area contributed by atoms with E-state index >= 15 is 0 Å². The van der Waals surface area contributed by atoms with E-state index in [1.165, 1.54) is 5.57 Å². The van der Waals surface area contributed by atoms with Crippen LogP contribution in [-0.4, -0.2) is 10.9 Å². The SMILES string of the molecule is C=C(C)[C@@H]1CC[C@@]2(C)CCCC(=C)[C@]2(OO)C1. The second-order valence-electron chi connectivity index (χ2n) is 6.22. The van der Waals surface area contributed by atoms with Crippen molar-refractivity contribution in [1.82, 2.24) is 0 Å². The Labute approximate surface area is 104 Å². The van der Waals surface area contributed by atoms with Crippen LogP contribution in [0.25, 0.3) is 0 Å². The molecule has 0 aromatic heterocycles. The second kappa shape index (κ2) is 4.25. The molecular weight excluding hydrogens is 212 g/mol. The highest BCUT2D eigenvalue weighted by atomic mass is 17.1. The Morgan fingerprint density at radius 3 is 2.76 bits per heavy atom. The van der Waals surface area contributed by atoms with Crippen molar-refractivity contribution in [2.75, 3.05) is 0 Å². The Morgan fingerprint density at radius 2 is 2.18 bits per heavy atom. The number of hydrogen-bond acceptors (Lipinski definition) is 2. The molecule has 0 saturated heterocycles. The van der Waals surface area contributed by atoms with Gasteiger partial charge in [0.1, 0.15) is 5.60 Å². The van der Waals surface area contributed by atoms with Crippen molar-refractivity contribution in [3.05, 3.63) is 24.3 Å². The fourth-order valence-electron chi connectivity index (χ4n) is 3.81. The Hall–Kier alpha value is -0.600. The molecule has 0 unspecified atom stereocenters. The summed E-state index contributed by atoms with van der Waals surface area (Å²) in [6.07, 6.45) is 6.34. The molecule has 2 rings (SSSR count). The van der Waals surface area contributed by atoms with Crippen LogP contribution in [-0.2, 0) is 4.89 Å². The molecule has 0 amide bonds. The van der Waals surface area contributed by atoms with Gasteiger partial charge in [0.05, 0.1) is 0 Å². The predicted molar refractivity (Wildman–Crippen MR) is 69.7 cm³/mol. The molecule has 0 aromatic rings. The van der Waals surface area contributed by atoms with Crippen LogP contribution in [0.2, 0.25) is 0 Å². The van der Waals surface area contributed by atoms with Crippen molar-refractivity contribution >= 4 is 0 Å². The fourth-order valence-corrected chi connectivity index (χ4v) is 3.81. The first-order valence-corrected chi connectivity index (χ1v) is 6.61. The standard InChI is InChI=1S/C15H24O2/c1-11(2)13-7-9-14(4)8-5-6-12(3)15(14,10-13)17-16/h13,16H,1,3,5-10H2,2,4H3/t13-,14-,15-/m1/s1. The maximum atomic E-state index is 9.52. The third-order valence-corrected chi connectivity index (χ3v) is 5.18. The van der Waals surface area contributed by atoms with Crippen LogP contribution in [0, 0.1) is 11.3 Å². The summed E-state index contributed by atoms with van der Waals surface area (Å²) in [5, 5.41) is 9.52. The summed E-state index contributed by atoms with van der Waals surface area (Å²) in [5.41, 5.74) is 1.78. The summed E-state index contributed by atoms with van der Waals surface area (Å²) < 4.78 is 0. The number of rotatable bonds is 2. The van der Waals surface area contributed by atoms with Gasteiger partial charge in [-0.3, -0.25) is 5.26 Å². The first-order valence-electron chi connectivity index (χ1n) is 6.61. The van der Waals surface area contributed by atoms with Crippen LogP contribution in [0.5, 0.6) is 0 Å². The van der Waals surface area contributed by atoms with E-state index < -0.39 is 5.60 Å². The average molecular weight is 236 g/mol. The zero-order valence-corrected chi connectivity index (χ0v) is 11.1. The molecule has 3 atom stereocenters. The Balaban J connectivity index is 2.35. The van der Waals surface area contributed by atoms with Gasteiger partial charge in [-0.2, -0.15) is 0 Å². The molecule has 17 heavy (non-hydrogen) atoms. The van der Waals surface area contributed by atoms with Crippen molar-refractivity contribution in [3.63, 3.8) is 0 Å². The molecule has 0 bridgehead atoms. The summed E-state index contributed by atoms with van der Waals surface area (Å²) >= 11 is 0.